The maximum absolute atomic E-state index is 12.3. The van der Waals surface area contributed by atoms with E-state index in [1.54, 1.807) is 0 Å². The molecule has 22 heavy (non-hydrogen) atoms. The minimum absolute atomic E-state index is 0.0155. The highest BCUT2D eigenvalue weighted by molar-refractivity contribution is 5.77. The summed E-state index contributed by atoms with van der Waals surface area (Å²) >= 11 is 0. The number of carbonyl (C=O) groups excluding carboxylic acids is 1. The Morgan fingerprint density at radius 2 is 1.82 bits per heavy atom. The molecule has 2 rings (SSSR count). The molecule has 1 amide bonds. The van der Waals surface area contributed by atoms with Gasteiger partial charge in [0.05, 0.1) is 6.04 Å². The minimum atomic E-state index is -0.0225. The zero-order valence-electron chi connectivity index (χ0n) is 14.2. The number of benzene rings is 1. The van der Waals surface area contributed by atoms with Crippen LogP contribution in [0.1, 0.15) is 52.6 Å². The van der Waals surface area contributed by atoms with Crippen LogP contribution in [0.15, 0.2) is 18.2 Å². The van der Waals surface area contributed by atoms with Crippen molar-refractivity contribution in [3.63, 3.8) is 0 Å². The van der Waals surface area contributed by atoms with E-state index in [2.05, 4.69) is 39.9 Å². The Hall–Kier alpha value is -1.71. The molecule has 4 nitrogen and oxygen atoms in total. The minimum Gasteiger partial charge on any atom is -0.486 e. The lowest BCUT2D eigenvalue weighted by Gasteiger charge is -2.27. The summed E-state index contributed by atoms with van der Waals surface area (Å²) in [6, 6.07) is 5.90. The third-order valence-electron chi connectivity index (χ3n) is 3.60. The molecule has 0 fully saturated rings. The lowest BCUT2D eigenvalue weighted by molar-refractivity contribution is -0.123. The average Bonchev–Trinajstić information content (AvgIpc) is 2.42. The topological polar surface area (TPSA) is 47.6 Å². The average molecular weight is 305 g/mol. The molecule has 122 valence electrons. The van der Waals surface area contributed by atoms with E-state index in [1.165, 1.54) is 0 Å². The Morgan fingerprint density at radius 1 is 1.18 bits per heavy atom. The molecule has 0 aromatic heterocycles. The van der Waals surface area contributed by atoms with Crippen LogP contribution in [0, 0.1) is 11.3 Å². The smallest absolute Gasteiger partial charge is 0.221 e. The van der Waals surface area contributed by atoms with Crippen molar-refractivity contribution < 1.29 is 14.3 Å². The van der Waals surface area contributed by atoms with Crippen LogP contribution in [0.25, 0.3) is 0 Å². The first-order chi connectivity index (χ1) is 10.3. The summed E-state index contributed by atoms with van der Waals surface area (Å²) in [5.74, 6) is 1.92. The van der Waals surface area contributed by atoms with E-state index >= 15 is 0 Å². The van der Waals surface area contributed by atoms with Gasteiger partial charge in [0.2, 0.25) is 5.91 Å². The highest BCUT2D eigenvalue weighted by Crippen LogP contribution is 2.34. The lowest BCUT2D eigenvalue weighted by Crippen LogP contribution is -2.34. The Bertz CT molecular complexity index is 532. The van der Waals surface area contributed by atoms with Crippen molar-refractivity contribution in [1.82, 2.24) is 5.32 Å². The number of hydrogen-bond acceptors (Lipinski definition) is 3. The first-order valence-electron chi connectivity index (χ1n) is 7.95. The van der Waals surface area contributed by atoms with Gasteiger partial charge >= 0.3 is 0 Å². The molecule has 1 aromatic carbocycles. The molecule has 1 aliphatic heterocycles. The van der Waals surface area contributed by atoms with Crippen LogP contribution in [-0.2, 0) is 4.79 Å². The molecule has 0 saturated carbocycles. The van der Waals surface area contributed by atoms with Gasteiger partial charge in [-0.25, -0.2) is 0 Å². The summed E-state index contributed by atoms with van der Waals surface area (Å²) in [7, 11) is 0. The maximum atomic E-state index is 12.3. The summed E-state index contributed by atoms with van der Waals surface area (Å²) in [5, 5.41) is 3.16. The number of fused-ring (bicyclic) bond motifs is 1. The monoisotopic (exact) mass is 305 g/mol. The molecule has 4 heteroatoms. The number of amides is 1. The number of ether oxygens (including phenoxy) is 2. The van der Waals surface area contributed by atoms with Gasteiger partial charge in [-0.15, -0.1) is 0 Å². The van der Waals surface area contributed by atoms with Crippen LogP contribution in [0.2, 0.25) is 0 Å². The Labute approximate surface area is 133 Å². The van der Waals surface area contributed by atoms with Crippen molar-refractivity contribution in [3.8, 4) is 11.5 Å². The number of nitrogens with one attached hydrogen (secondary N) is 1. The Kier molecular flexibility index (Phi) is 4.99. The predicted molar refractivity (Wildman–Crippen MR) is 87.2 cm³/mol. The lowest BCUT2D eigenvalue weighted by atomic mass is 9.90. The summed E-state index contributed by atoms with van der Waals surface area (Å²) in [5.41, 5.74) is 1.04. The molecule has 1 aromatic rings. The predicted octanol–water partition coefficient (Wildman–Crippen LogP) is 3.71. The van der Waals surface area contributed by atoms with Gasteiger partial charge in [-0.05, 0) is 29.0 Å². The molecule has 0 spiro atoms. The number of hydrogen-bond donors (Lipinski definition) is 1. The second kappa shape index (κ2) is 6.59. The third-order valence-corrected chi connectivity index (χ3v) is 3.60. The van der Waals surface area contributed by atoms with Gasteiger partial charge in [0.25, 0.3) is 0 Å². The van der Waals surface area contributed by atoms with Gasteiger partial charge in [-0.3, -0.25) is 4.79 Å². The first kappa shape index (κ1) is 16.7. The third kappa shape index (κ3) is 4.39. The van der Waals surface area contributed by atoms with E-state index in [1.807, 2.05) is 18.2 Å². The van der Waals surface area contributed by atoms with Crippen LogP contribution in [0.5, 0.6) is 11.5 Å². The van der Waals surface area contributed by atoms with Gasteiger partial charge < -0.3 is 14.8 Å². The van der Waals surface area contributed by atoms with E-state index in [0.29, 0.717) is 25.6 Å². The van der Waals surface area contributed by atoms with Gasteiger partial charge in [0.15, 0.2) is 11.5 Å². The van der Waals surface area contributed by atoms with Crippen molar-refractivity contribution in [1.29, 1.82) is 0 Å². The second-order valence-electron chi connectivity index (χ2n) is 7.43. The van der Waals surface area contributed by atoms with Crippen LogP contribution in [0.3, 0.4) is 0 Å². The van der Waals surface area contributed by atoms with Crippen LogP contribution in [0.4, 0.5) is 0 Å². The van der Waals surface area contributed by atoms with Crippen LogP contribution in [-0.4, -0.2) is 19.1 Å². The molecule has 1 N–H and O–H groups in total. The highest BCUT2D eigenvalue weighted by Gasteiger charge is 2.23. The largest absolute Gasteiger partial charge is 0.486 e. The van der Waals surface area contributed by atoms with E-state index in [4.69, 9.17) is 9.47 Å². The fourth-order valence-corrected chi connectivity index (χ4v) is 2.59. The molecule has 1 unspecified atom stereocenters. The molecular formula is C18H27NO3. The van der Waals surface area contributed by atoms with Gasteiger partial charge in [-0.2, -0.15) is 0 Å². The standard InChI is InChI=1S/C18H27NO3/c1-12(2)17(19-16(20)11-18(3,4)5)13-6-7-14-15(10-13)22-9-8-21-14/h6-7,10,12,17H,8-9,11H2,1-5H3,(H,19,20). The number of carbonyl (C=O) groups is 1. The summed E-state index contributed by atoms with van der Waals surface area (Å²) in [6.45, 7) is 11.6. The van der Waals surface area contributed by atoms with Gasteiger partial charge in [-0.1, -0.05) is 40.7 Å². The zero-order valence-corrected chi connectivity index (χ0v) is 14.2. The molecule has 0 bridgehead atoms. The second-order valence-corrected chi connectivity index (χ2v) is 7.43. The quantitative estimate of drug-likeness (QED) is 0.922. The highest BCUT2D eigenvalue weighted by atomic mass is 16.6. The van der Waals surface area contributed by atoms with Gasteiger partial charge in [0.1, 0.15) is 13.2 Å². The summed E-state index contributed by atoms with van der Waals surface area (Å²) < 4.78 is 11.2. The number of rotatable bonds is 4. The SMILES string of the molecule is CC(C)C(NC(=O)CC(C)(C)C)c1ccc2c(c1)OCCO2. The van der Waals surface area contributed by atoms with Crippen molar-refractivity contribution in [2.45, 2.75) is 47.1 Å². The fraction of sp³-hybridized carbons (Fsp3) is 0.611. The molecule has 1 aliphatic rings. The summed E-state index contributed by atoms with van der Waals surface area (Å²) in [4.78, 5) is 12.3. The van der Waals surface area contributed by atoms with Crippen LogP contribution < -0.4 is 14.8 Å². The Morgan fingerprint density at radius 3 is 2.41 bits per heavy atom. The summed E-state index contributed by atoms with van der Waals surface area (Å²) in [6.07, 6.45) is 0.515. The van der Waals surface area contributed by atoms with E-state index in [9.17, 15) is 4.79 Å². The maximum Gasteiger partial charge on any atom is 0.221 e. The van der Waals surface area contributed by atoms with Crippen molar-refractivity contribution >= 4 is 5.91 Å². The molecule has 1 heterocycles. The van der Waals surface area contributed by atoms with Crippen molar-refractivity contribution in [2.24, 2.45) is 11.3 Å². The van der Waals surface area contributed by atoms with E-state index in [0.717, 1.165) is 17.1 Å². The molecule has 0 saturated heterocycles. The first-order valence-corrected chi connectivity index (χ1v) is 7.95. The van der Waals surface area contributed by atoms with E-state index in [-0.39, 0.29) is 17.4 Å². The van der Waals surface area contributed by atoms with Crippen molar-refractivity contribution in [3.05, 3.63) is 23.8 Å². The van der Waals surface area contributed by atoms with Crippen molar-refractivity contribution in [2.75, 3.05) is 13.2 Å². The molecule has 0 radical (unpaired) electrons. The van der Waals surface area contributed by atoms with Crippen LogP contribution >= 0.6 is 0 Å². The molecular weight excluding hydrogens is 278 g/mol. The van der Waals surface area contributed by atoms with Gasteiger partial charge in [0, 0.05) is 6.42 Å². The Balaban J connectivity index is 2.16. The molecule has 0 aliphatic carbocycles. The zero-order chi connectivity index (χ0) is 16.3. The normalized spacial score (nSPS) is 15.5. The fourth-order valence-electron chi connectivity index (χ4n) is 2.59. The molecule has 1 atom stereocenters. The van der Waals surface area contributed by atoms with E-state index < -0.39 is 0 Å².